The molecule has 1 aliphatic rings. The zero-order valence-corrected chi connectivity index (χ0v) is 10.3. The highest BCUT2D eigenvalue weighted by molar-refractivity contribution is 6.08. The first-order chi connectivity index (χ1) is 8.00. The molecule has 0 fully saturated rings. The number of carbonyl (C=O) groups excluding carboxylic acids is 1. The second-order valence-corrected chi connectivity index (χ2v) is 5.09. The van der Waals surface area contributed by atoms with Crippen LogP contribution in [0.15, 0.2) is 17.6 Å². The van der Waals surface area contributed by atoms with Gasteiger partial charge in [0.25, 0.3) is 0 Å². The minimum absolute atomic E-state index is 0.0798. The quantitative estimate of drug-likeness (QED) is 0.825. The minimum atomic E-state index is -0.486. The Balaban J connectivity index is 2.34. The van der Waals surface area contributed by atoms with Crippen molar-refractivity contribution in [2.45, 2.75) is 26.8 Å². The van der Waals surface area contributed by atoms with Gasteiger partial charge in [-0.05, 0) is 0 Å². The van der Waals surface area contributed by atoms with Gasteiger partial charge in [0.1, 0.15) is 18.5 Å². The number of rotatable bonds is 3. The van der Waals surface area contributed by atoms with Crippen LogP contribution in [0.5, 0.6) is 0 Å². The van der Waals surface area contributed by atoms with Gasteiger partial charge in [-0.2, -0.15) is 5.10 Å². The summed E-state index contributed by atoms with van der Waals surface area (Å²) in [5, 5.41) is 7.20. The number of Topliss-reactive ketones (excluding diaryl/α,β-unsaturated/α-hetero) is 1. The Morgan fingerprint density at radius 2 is 2.29 bits per heavy atom. The predicted molar refractivity (Wildman–Crippen MR) is 63.8 cm³/mol. The van der Waals surface area contributed by atoms with Gasteiger partial charge in [-0.25, -0.2) is 9.67 Å². The number of ketones is 1. The Bertz CT molecular complexity index is 429. The number of nitrogens with one attached hydrogen (secondary N) is 1. The van der Waals surface area contributed by atoms with E-state index in [-0.39, 0.29) is 5.78 Å². The van der Waals surface area contributed by atoms with E-state index in [2.05, 4.69) is 20.4 Å². The van der Waals surface area contributed by atoms with Crippen molar-refractivity contribution in [1.82, 2.24) is 20.1 Å². The van der Waals surface area contributed by atoms with E-state index >= 15 is 0 Å². The van der Waals surface area contributed by atoms with E-state index in [9.17, 15) is 4.79 Å². The van der Waals surface area contributed by atoms with Crippen LogP contribution in [0.3, 0.4) is 0 Å². The third-order valence-electron chi connectivity index (χ3n) is 2.65. The molecule has 0 saturated carbocycles. The van der Waals surface area contributed by atoms with Gasteiger partial charge in [0.2, 0.25) is 0 Å². The number of carbonyl (C=O) groups is 1. The second-order valence-electron chi connectivity index (χ2n) is 5.09. The lowest BCUT2D eigenvalue weighted by molar-refractivity contribution is -0.128. The Morgan fingerprint density at radius 1 is 1.53 bits per heavy atom. The van der Waals surface area contributed by atoms with E-state index < -0.39 is 11.5 Å². The standard InChI is InChI=1S/C11H17N5O/c1-11(2,3)9(17)8(10-13-4-5-14-10)16-7-12-6-15-16/h6-8H,4-5H2,1-3H3,(H,13,14). The summed E-state index contributed by atoms with van der Waals surface area (Å²) in [5.41, 5.74) is -0.441. The van der Waals surface area contributed by atoms with E-state index in [1.54, 1.807) is 11.0 Å². The van der Waals surface area contributed by atoms with Crippen molar-refractivity contribution in [3.8, 4) is 0 Å². The molecule has 1 unspecified atom stereocenters. The molecule has 17 heavy (non-hydrogen) atoms. The van der Waals surface area contributed by atoms with Crippen LogP contribution in [0.1, 0.15) is 26.8 Å². The van der Waals surface area contributed by atoms with Gasteiger partial charge in [-0.1, -0.05) is 20.8 Å². The molecule has 6 heteroatoms. The van der Waals surface area contributed by atoms with Crippen LogP contribution in [0.25, 0.3) is 0 Å². The van der Waals surface area contributed by atoms with Gasteiger partial charge < -0.3 is 5.32 Å². The first-order valence-corrected chi connectivity index (χ1v) is 5.67. The summed E-state index contributed by atoms with van der Waals surface area (Å²) in [7, 11) is 0. The summed E-state index contributed by atoms with van der Waals surface area (Å²) in [6, 6.07) is -0.486. The molecule has 2 heterocycles. The van der Waals surface area contributed by atoms with Gasteiger partial charge in [0.15, 0.2) is 11.8 Å². The van der Waals surface area contributed by atoms with Gasteiger partial charge >= 0.3 is 0 Å². The van der Waals surface area contributed by atoms with E-state index in [0.29, 0.717) is 12.4 Å². The van der Waals surface area contributed by atoms with Crippen molar-refractivity contribution < 1.29 is 4.79 Å². The summed E-state index contributed by atoms with van der Waals surface area (Å²) in [6.07, 6.45) is 2.98. The first-order valence-electron chi connectivity index (χ1n) is 5.67. The summed E-state index contributed by atoms with van der Waals surface area (Å²) in [5.74, 6) is 0.770. The highest BCUT2D eigenvalue weighted by Gasteiger charge is 2.35. The molecule has 0 spiro atoms. The van der Waals surface area contributed by atoms with E-state index in [1.807, 2.05) is 20.8 Å². The number of hydrogen-bond acceptors (Lipinski definition) is 5. The van der Waals surface area contributed by atoms with Gasteiger partial charge in [-0.3, -0.25) is 9.79 Å². The van der Waals surface area contributed by atoms with Crippen molar-refractivity contribution >= 4 is 11.6 Å². The zero-order valence-electron chi connectivity index (χ0n) is 10.3. The summed E-state index contributed by atoms with van der Waals surface area (Å²) < 4.78 is 1.56. The average molecular weight is 235 g/mol. The molecule has 1 aliphatic heterocycles. The molecule has 0 aromatic carbocycles. The number of aromatic nitrogens is 3. The molecular weight excluding hydrogens is 218 g/mol. The Kier molecular flexibility index (Phi) is 2.95. The van der Waals surface area contributed by atoms with Gasteiger partial charge in [-0.15, -0.1) is 0 Å². The summed E-state index contributed by atoms with van der Waals surface area (Å²) >= 11 is 0. The number of amidine groups is 1. The molecule has 1 aromatic rings. The van der Waals surface area contributed by atoms with Crippen LogP contribution in [0.2, 0.25) is 0 Å². The van der Waals surface area contributed by atoms with Crippen LogP contribution in [0.4, 0.5) is 0 Å². The molecule has 6 nitrogen and oxygen atoms in total. The van der Waals surface area contributed by atoms with Crippen LogP contribution in [-0.4, -0.2) is 39.5 Å². The monoisotopic (exact) mass is 235 g/mol. The number of nitrogens with zero attached hydrogens (tertiary/aromatic N) is 4. The van der Waals surface area contributed by atoms with E-state index in [1.165, 1.54) is 6.33 Å². The maximum atomic E-state index is 12.4. The summed E-state index contributed by atoms with van der Waals surface area (Å²) in [4.78, 5) is 20.7. The topological polar surface area (TPSA) is 72.2 Å². The van der Waals surface area contributed by atoms with Crippen LogP contribution in [0, 0.1) is 5.41 Å². The molecular formula is C11H17N5O. The van der Waals surface area contributed by atoms with Crippen LogP contribution >= 0.6 is 0 Å². The van der Waals surface area contributed by atoms with Crippen molar-refractivity contribution in [3.63, 3.8) is 0 Å². The van der Waals surface area contributed by atoms with Crippen LogP contribution in [-0.2, 0) is 4.79 Å². The van der Waals surface area contributed by atoms with Crippen LogP contribution < -0.4 is 5.32 Å². The third-order valence-corrected chi connectivity index (χ3v) is 2.65. The van der Waals surface area contributed by atoms with Crippen molar-refractivity contribution in [2.24, 2.45) is 10.4 Å². The molecule has 2 rings (SSSR count). The largest absolute Gasteiger partial charge is 0.370 e. The lowest BCUT2D eigenvalue weighted by Gasteiger charge is -2.24. The Labute approximate surface area is 100 Å². The van der Waals surface area contributed by atoms with Crippen molar-refractivity contribution in [3.05, 3.63) is 12.7 Å². The fourth-order valence-electron chi connectivity index (χ4n) is 1.73. The molecule has 0 saturated heterocycles. The number of aliphatic imine (C=N–C) groups is 1. The minimum Gasteiger partial charge on any atom is -0.370 e. The Hall–Kier alpha value is -1.72. The lowest BCUT2D eigenvalue weighted by Crippen LogP contribution is -2.40. The predicted octanol–water partition coefficient (Wildman–Crippen LogP) is 0.436. The molecule has 0 amide bonds. The maximum Gasteiger partial charge on any atom is 0.170 e. The zero-order chi connectivity index (χ0) is 12.5. The molecule has 1 atom stereocenters. The fraction of sp³-hybridized carbons (Fsp3) is 0.636. The molecule has 0 bridgehead atoms. The highest BCUT2D eigenvalue weighted by Crippen LogP contribution is 2.24. The SMILES string of the molecule is CC(C)(C)C(=O)C(C1=NCCN1)n1cncn1. The highest BCUT2D eigenvalue weighted by atomic mass is 16.1. The second kappa shape index (κ2) is 4.27. The number of hydrogen-bond donors (Lipinski definition) is 1. The maximum absolute atomic E-state index is 12.4. The molecule has 1 N–H and O–H groups in total. The fourth-order valence-corrected chi connectivity index (χ4v) is 1.73. The van der Waals surface area contributed by atoms with Crippen molar-refractivity contribution in [1.29, 1.82) is 0 Å². The summed E-state index contributed by atoms with van der Waals surface area (Å²) in [6.45, 7) is 7.17. The smallest absolute Gasteiger partial charge is 0.170 e. The molecule has 0 radical (unpaired) electrons. The van der Waals surface area contributed by atoms with E-state index in [4.69, 9.17) is 0 Å². The van der Waals surface area contributed by atoms with Crippen molar-refractivity contribution in [2.75, 3.05) is 13.1 Å². The van der Waals surface area contributed by atoms with E-state index in [0.717, 1.165) is 6.54 Å². The van der Waals surface area contributed by atoms with Gasteiger partial charge in [0.05, 0.1) is 6.54 Å². The molecule has 0 aliphatic carbocycles. The Morgan fingerprint density at radius 3 is 2.76 bits per heavy atom. The average Bonchev–Trinajstić information content (AvgIpc) is 2.88. The third kappa shape index (κ3) is 2.35. The first kappa shape index (κ1) is 11.8. The lowest BCUT2D eigenvalue weighted by atomic mass is 9.86. The van der Waals surface area contributed by atoms with Gasteiger partial charge in [0, 0.05) is 12.0 Å². The molecule has 1 aromatic heterocycles. The normalized spacial score (nSPS) is 17.5. The molecule has 92 valence electrons.